The van der Waals surface area contributed by atoms with E-state index in [9.17, 15) is 4.79 Å². The molecule has 0 N–H and O–H groups in total. The first-order valence-electron chi connectivity index (χ1n) is 5.89. The molecular weight excluding hydrogens is 228 g/mol. The Labute approximate surface area is 107 Å². The molecule has 0 saturated carbocycles. The topological polar surface area (TPSA) is 41.9 Å². The first-order valence-corrected chi connectivity index (χ1v) is 5.89. The Balaban J connectivity index is 2.00. The van der Waals surface area contributed by atoms with Crippen LogP contribution in [0.2, 0.25) is 0 Å². The summed E-state index contributed by atoms with van der Waals surface area (Å²) >= 11 is 0. The number of carbonyl (C=O) groups excluding carboxylic acids is 1. The molecule has 1 heterocycles. The Hall–Kier alpha value is -2.10. The van der Waals surface area contributed by atoms with Crippen molar-refractivity contribution in [2.45, 2.75) is 6.42 Å². The van der Waals surface area contributed by atoms with E-state index in [1.54, 1.807) is 6.20 Å². The van der Waals surface area contributed by atoms with Crippen molar-refractivity contribution in [3.63, 3.8) is 0 Å². The van der Waals surface area contributed by atoms with E-state index in [4.69, 9.17) is 0 Å². The SMILES string of the molecule is COC(=O)/C=C/N1CCN=C1Cc1ccccc1. The molecule has 0 aliphatic carbocycles. The Morgan fingerprint density at radius 2 is 2.22 bits per heavy atom. The molecule has 0 fully saturated rings. The lowest BCUT2D eigenvalue weighted by Crippen LogP contribution is -2.23. The normalized spacial score (nSPS) is 14.9. The molecule has 0 radical (unpaired) electrons. The van der Waals surface area contributed by atoms with E-state index in [1.807, 2.05) is 23.1 Å². The number of aliphatic imine (C=N–C) groups is 1. The molecule has 0 atom stereocenters. The highest BCUT2D eigenvalue weighted by Gasteiger charge is 2.14. The Bertz CT molecular complexity index is 466. The van der Waals surface area contributed by atoms with Crippen LogP contribution in [-0.4, -0.2) is 36.9 Å². The molecular formula is C14H16N2O2. The van der Waals surface area contributed by atoms with Crippen molar-refractivity contribution in [3.8, 4) is 0 Å². The summed E-state index contributed by atoms with van der Waals surface area (Å²) in [7, 11) is 1.37. The van der Waals surface area contributed by atoms with Crippen LogP contribution in [0.15, 0.2) is 47.6 Å². The molecule has 4 nitrogen and oxygen atoms in total. The van der Waals surface area contributed by atoms with Crippen LogP contribution in [0.5, 0.6) is 0 Å². The maximum atomic E-state index is 11.1. The second-order valence-electron chi connectivity index (χ2n) is 3.99. The first kappa shape index (κ1) is 12.4. The highest BCUT2D eigenvalue weighted by molar-refractivity contribution is 5.88. The molecule has 0 aromatic heterocycles. The number of nitrogens with zero attached hydrogens (tertiary/aromatic N) is 2. The van der Waals surface area contributed by atoms with Crippen molar-refractivity contribution < 1.29 is 9.53 Å². The van der Waals surface area contributed by atoms with Gasteiger partial charge in [0, 0.05) is 25.2 Å². The molecule has 94 valence electrons. The van der Waals surface area contributed by atoms with E-state index in [0.717, 1.165) is 25.3 Å². The predicted octanol–water partition coefficient (Wildman–Crippen LogP) is 1.63. The van der Waals surface area contributed by atoms with Gasteiger partial charge >= 0.3 is 5.97 Å². The zero-order chi connectivity index (χ0) is 12.8. The minimum absolute atomic E-state index is 0.346. The highest BCUT2D eigenvalue weighted by Crippen LogP contribution is 2.09. The third kappa shape index (κ3) is 3.20. The van der Waals surface area contributed by atoms with Crippen LogP contribution in [0.3, 0.4) is 0 Å². The smallest absolute Gasteiger partial charge is 0.331 e. The van der Waals surface area contributed by atoms with Crippen LogP contribution < -0.4 is 0 Å². The molecule has 0 unspecified atom stereocenters. The zero-order valence-electron chi connectivity index (χ0n) is 10.4. The summed E-state index contributed by atoms with van der Waals surface area (Å²) in [6.45, 7) is 1.59. The Kier molecular flexibility index (Phi) is 4.12. The summed E-state index contributed by atoms with van der Waals surface area (Å²) in [6, 6.07) is 10.2. The van der Waals surface area contributed by atoms with Gasteiger partial charge in [0.2, 0.25) is 0 Å². The molecule has 1 aromatic carbocycles. The average Bonchev–Trinajstić information content (AvgIpc) is 2.84. The van der Waals surface area contributed by atoms with Crippen LogP contribution in [-0.2, 0) is 16.0 Å². The van der Waals surface area contributed by atoms with Gasteiger partial charge in [0.05, 0.1) is 13.7 Å². The number of ether oxygens (including phenoxy) is 1. The quantitative estimate of drug-likeness (QED) is 0.597. The fourth-order valence-electron chi connectivity index (χ4n) is 1.82. The minimum Gasteiger partial charge on any atom is -0.466 e. The van der Waals surface area contributed by atoms with Crippen molar-refractivity contribution in [3.05, 3.63) is 48.2 Å². The predicted molar refractivity (Wildman–Crippen MR) is 70.3 cm³/mol. The fraction of sp³-hybridized carbons (Fsp3) is 0.286. The van der Waals surface area contributed by atoms with E-state index in [2.05, 4.69) is 21.9 Å². The van der Waals surface area contributed by atoms with Gasteiger partial charge in [-0.3, -0.25) is 4.99 Å². The maximum absolute atomic E-state index is 11.1. The summed E-state index contributed by atoms with van der Waals surface area (Å²) in [5.74, 6) is 0.641. The van der Waals surface area contributed by atoms with Crippen LogP contribution >= 0.6 is 0 Å². The van der Waals surface area contributed by atoms with Gasteiger partial charge in [-0.2, -0.15) is 0 Å². The van der Waals surface area contributed by atoms with Crippen molar-refractivity contribution in [2.75, 3.05) is 20.2 Å². The van der Waals surface area contributed by atoms with Crippen LogP contribution in [0.4, 0.5) is 0 Å². The molecule has 0 amide bonds. The van der Waals surface area contributed by atoms with Gasteiger partial charge in [-0.1, -0.05) is 30.3 Å². The van der Waals surface area contributed by atoms with E-state index < -0.39 is 0 Å². The second-order valence-corrected chi connectivity index (χ2v) is 3.99. The third-order valence-electron chi connectivity index (χ3n) is 2.76. The Morgan fingerprint density at radius 1 is 1.44 bits per heavy atom. The summed E-state index contributed by atoms with van der Waals surface area (Å²) < 4.78 is 4.57. The van der Waals surface area contributed by atoms with Crippen molar-refractivity contribution in [1.82, 2.24) is 4.90 Å². The second kappa shape index (κ2) is 6.00. The van der Waals surface area contributed by atoms with E-state index in [1.165, 1.54) is 18.7 Å². The first-order chi connectivity index (χ1) is 8.79. The number of carbonyl (C=O) groups is 1. The maximum Gasteiger partial charge on any atom is 0.331 e. The zero-order valence-corrected chi connectivity index (χ0v) is 10.4. The standard InChI is InChI=1S/C14H16N2O2/c1-18-14(17)7-9-16-10-8-15-13(16)11-12-5-3-2-4-6-12/h2-7,9H,8,10-11H2,1H3/b9-7+. The number of benzene rings is 1. The minimum atomic E-state index is -0.346. The van der Waals surface area contributed by atoms with E-state index in [0.29, 0.717) is 0 Å². The highest BCUT2D eigenvalue weighted by atomic mass is 16.5. The Morgan fingerprint density at radius 3 is 2.94 bits per heavy atom. The number of hydrogen-bond donors (Lipinski definition) is 0. The van der Waals surface area contributed by atoms with Crippen molar-refractivity contribution in [1.29, 1.82) is 0 Å². The molecule has 1 aromatic rings. The monoisotopic (exact) mass is 244 g/mol. The molecule has 0 saturated heterocycles. The van der Waals surface area contributed by atoms with Crippen LogP contribution in [0.1, 0.15) is 5.56 Å². The van der Waals surface area contributed by atoms with E-state index >= 15 is 0 Å². The lowest BCUT2D eigenvalue weighted by Gasteiger charge is -2.15. The number of esters is 1. The molecule has 1 aliphatic rings. The number of hydrogen-bond acceptors (Lipinski definition) is 4. The van der Waals surface area contributed by atoms with Crippen molar-refractivity contribution in [2.24, 2.45) is 4.99 Å². The molecule has 0 bridgehead atoms. The molecule has 2 rings (SSSR count). The van der Waals surface area contributed by atoms with Gasteiger partial charge in [-0.05, 0) is 5.56 Å². The van der Waals surface area contributed by atoms with Gasteiger partial charge < -0.3 is 9.64 Å². The van der Waals surface area contributed by atoms with Gasteiger partial charge in [-0.25, -0.2) is 4.79 Å². The van der Waals surface area contributed by atoms with Crippen molar-refractivity contribution >= 4 is 11.8 Å². The van der Waals surface area contributed by atoms with E-state index in [-0.39, 0.29) is 5.97 Å². The molecule has 0 spiro atoms. The lowest BCUT2D eigenvalue weighted by molar-refractivity contribution is -0.134. The van der Waals surface area contributed by atoms with Gasteiger partial charge in [-0.15, -0.1) is 0 Å². The number of rotatable bonds is 4. The molecule has 1 aliphatic heterocycles. The summed E-state index contributed by atoms with van der Waals surface area (Å²) in [5, 5.41) is 0. The number of amidine groups is 1. The summed E-state index contributed by atoms with van der Waals surface area (Å²) in [6.07, 6.45) is 3.94. The number of methoxy groups -OCH3 is 1. The van der Waals surface area contributed by atoms with Gasteiger partial charge in [0.1, 0.15) is 5.84 Å². The van der Waals surface area contributed by atoms with Crippen LogP contribution in [0.25, 0.3) is 0 Å². The fourth-order valence-corrected chi connectivity index (χ4v) is 1.82. The largest absolute Gasteiger partial charge is 0.466 e. The lowest BCUT2D eigenvalue weighted by atomic mass is 10.1. The molecule has 4 heteroatoms. The van der Waals surface area contributed by atoms with Gasteiger partial charge in [0.15, 0.2) is 0 Å². The van der Waals surface area contributed by atoms with Gasteiger partial charge in [0.25, 0.3) is 0 Å². The summed E-state index contributed by atoms with van der Waals surface area (Å²) in [4.78, 5) is 17.5. The van der Waals surface area contributed by atoms with Crippen LogP contribution in [0, 0.1) is 0 Å². The average molecular weight is 244 g/mol. The molecule has 18 heavy (non-hydrogen) atoms. The summed E-state index contributed by atoms with van der Waals surface area (Å²) in [5.41, 5.74) is 1.22. The third-order valence-corrected chi connectivity index (χ3v) is 2.76.